The molecule has 28 heavy (non-hydrogen) atoms. The van der Waals surface area contributed by atoms with Crippen LogP contribution in [0.15, 0.2) is 84.9 Å². The molecule has 1 atom stereocenters. The third-order valence-electron chi connectivity index (χ3n) is 5.47. The molecule has 1 unspecified atom stereocenters. The summed E-state index contributed by atoms with van der Waals surface area (Å²) in [6, 6.07) is 29.5. The molecule has 0 radical (unpaired) electrons. The Kier molecular flexibility index (Phi) is 5.71. The molecule has 0 aliphatic carbocycles. The molecule has 0 saturated carbocycles. The summed E-state index contributed by atoms with van der Waals surface area (Å²) < 4.78 is 0. The van der Waals surface area contributed by atoms with E-state index in [9.17, 15) is 0 Å². The molecule has 0 aliphatic rings. The van der Waals surface area contributed by atoms with Crippen LogP contribution in [0.5, 0.6) is 0 Å². The van der Waals surface area contributed by atoms with Crippen LogP contribution < -0.4 is 0 Å². The summed E-state index contributed by atoms with van der Waals surface area (Å²) in [5.41, 5.74) is 4.88. The van der Waals surface area contributed by atoms with Crippen LogP contribution in [0.2, 0.25) is 10.0 Å². The number of rotatable bonds is 5. The SMILES string of the molecule is CC(CCc1ccc(-c2cccc(Cl)c2Cl)c2ccccc12)c1ccccc1. The maximum Gasteiger partial charge on any atom is 0.0670 e. The molecule has 2 heteroatoms. The number of fused-ring (bicyclic) bond motifs is 1. The van der Waals surface area contributed by atoms with E-state index in [2.05, 4.69) is 73.7 Å². The Labute approximate surface area is 176 Å². The summed E-state index contributed by atoms with van der Waals surface area (Å²) in [6.45, 7) is 2.30. The second-order valence-corrected chi connectivity index (χ2v) is 8.05. The van der Waals surface area contributed by atoms with Gasteiger partial charge in [-0.15, -0.1) is 0 Å². The molecule has 0 aliphatic heterocycles. The maximum absolute atomic E-state index is 6.51. The van der Waals surface area contributed by atoms with E-state index in [4.69, 9.17) is 23.2 Å². The van der Waals surface area contributed by atoms with Gasteiger partial charge in [0.15, 0.2) is 0 Å². The van der Waals surface area contributed by atoms with Crippen molar-refractivity contribution in [2.24, 2.45) is 0 Å². The predicted octanol–water partition coefficient (Wildman–Crippen LogP) is 8.55. The van der Waals surface area contributed by atoms with Gasteiger partial charge in [-0.1, -0.05) is 109 Å². The second-order valence-electron chi connectivity index (χ2n) is 7.27. The Balaban J connectivity index is 1.69. The van der Waals surface area contributed by atoms with Crippen LogP contribution in [0, 0.1) is 0 Å². The molecule has 0 saturated heterocycles. The van der Waals surface area contributed by atoms with E-state index in [1.54, 1.807) is 0 Å². The standard InChI is InChI=1S/C26H22Cl2/c1-18(19-8-3-2-4-9-19)14-15-20-16-17-23(22-11-6-5-10-21(20)22)24-12-7-13-25(27)26(24)28/h2-13,16-18H,14-15H2,1H3. The van der Waals surface area contributed by atoms with E-state index in [0.29, 0.717) is 16.0 Å². The topological polar surface area (TPSA) is 0 Å². The first-order valence-electron chi connectivity index (χ1n) is 9.65. The van der Waals surface area contributed by atoms with Gasteiger partial charge in [-0.25, -0.2) is 0 Å². The van der Waals surface area contributed by atoms with Crippen molar-refractivity contribution in [1.82, 2.24) is 0 Å². The van der Waals surface area contributed by atoms with Gasteiger partial charge >= 0.3 is 0 Å². The van der Waals surface area contributed by atoms with Crippen molar-refractivity contribution in [3.8, 4) is 11.1 Å². The van der Waals surface area contributed by atoms with Crippen molar-refractivity contribution in [3.63, 3.8) is 0 Å². The lowest BCUT2D eigenvalue weighted by molar-refractivity contribution is 0.682. The molecule has 0 N–H and O–H groups in total. The molecule has 0 amide bonds. The van der Waals surface area contributed by atoms with E-state index >= 15 is 0 Å². The third-order valence-corrected chi connectivity index (χ3v) is 6.29. The molecule has 0 aromatic heterocycles. The molecule has 4 aromatic rings. The van der Waals surface area contributed by atoms with Crippen LogP contribution in [0.1, 0.15) is 30.4 Å². The number of benzene rings is 4. The van der Waals surface area contributed by atoms with Crippen LogP contribution in [0.4, 0.5) is 0 Å². The van der Waals surface area contributed by atoms with Gasteiger partial charge in [-0.3, -0.25) is 0 Å². The molecule has 4 aromatic carbocycles. The highest BCUT2D eigenvalue weighted by molar-refractivity contribution is 6.44. The van der Waals surface area contributed by atoms with E-state index in [-0.39, 0.29) is 0 Å². The number of aryl methyl sites for hydroxylation is 1. The first-order valence-corrected chi connectivity index (χ1v) is 10.4. The van der Waals surface area contributed by atoms with E-state index in [1.165, 1.54) is 21.9 Å². The van der Waals surface area contributed by atoms with Crippen LogP contribution in [-0.2, 0) is 6.42 Å². The van der Waals surface area contributed by atoms with E-state index in [1.807, 2.05) is 18.2 Å². The van der Waals surface area contributed by atoms with E-state index in [0.717, 1.165) is 24.0 Å². The van der Waals surface area contributed by atoms with Crippen molar-refractivity contribution < 1.29 is 0 Å². The minimum absolute atomic E-state index is 0.530. The van der Waals surface area contributed by atoms with Gasteiger partial charge in [-0.2, -0.15) is 0 Å². The van der Waals surface area contributed by atoms with Gasteiger partial charge in [0.1, 0.15) is 0 Å². The molecule has 0 nitrogen and oxygen atoms in total. The lowest BCUT2D eigenvalue weighted by Gasteiger charge is -2.15. The van der Waals surface area contributed by atoms with Gasteiger partial charge < -0.3 is 0 Å². The number of hydrogen-bond donors (Lipinski definition) is 0. The van der Waals surface area contributed by atoms with Crippen molar-refractivity contribution in [3.05, 3.63) is 106 Å². The quantitative estimate of drug-likeness (QED) is 0.312. The van der Waals surface area contributed by atoms with Crippen molar-refractivity contribution >= 4 is 34.0 Å². The summed E-state index contributed by atoms with van der Waals surface area (Å²) >= 11 is 12.8. The minimum Gasteiger partial charge on any atom is -0.0827 e. The Hall–Kier alpha value is -2.28. The molecule has 0 heterocycles. The summed E-state index contributed by atoms with van der Waals surface area (Å²) in [7, 11) is 0. The fourth-order valence-corrected chi connectivity index (χ4v) is 4.25. The Morgan fingerprint density at radius 1 is 0.679 bits per heavy atom. The summed E-state index contributed by atoms with van der Waals surface area (Å²) in [4.78, 5) is 0. The first-order chi connectivity index (χ1) is 13.6. The second kappa shape index (κ2) is 8.39. The highest BCUT2D eigenvalue weighted by Crippen LogP contribution is 2.38. The Morgan fingerprint density at radius 3 is 2.18 bits per heavy atom. The molecular weight excluding hydrogens is 383 g/mol. The van der Waals surface area contributed by atoms with Gasteiger partial charge in [-0.05, 0) is 52.3 Å². The molecule has 4 rings (SSSR count). The van der Waals surface area contributed by atoms with E-state index < -0.39 is 0 Å². The zero-order valence-corrected chi connectivity index (χ0v) is 17.3. The van der Waals surface area contributed by atoms with Crippen LogP contribution in [0.3, 0.4) is 0 Å². The Bertz CT molecular complexity index is 1100. The lowest BCUT2D eigenvalue weighted by atomic mass is 9.90. The average molecular weight is 405 g/mol. The fourth-order valence-electron chi connectivity index (χ4n) is 3.85. The van der Waals surface area contributed by atoms with Gasteiger partial charge in [0.25, 0.3) is 0 Å². The summed E-state index contributed by atoms with van der Waals surface area (Å²) in [6.07, 6.45) is 2.16. The third kappa shape index (κ3) is 3.81. The Morgan fingerprint density at radius 2 is 1.39 bits per heavy atom. The summed E-state index contributed by atoms with van der Waals surface area (Å²) in [5, 5.41) is 3.71. The predicted molar refractivity (Wildman–Crippen MR) is 123 cm³/mol. The first kappa shape index (κ1) is 19.1. The van der Waals surface area contributed by atoms with Gasteiger partial charge in [0.05, 0.1) is 10.0 Å². The zero-order valence-electron chi connectivity index (χ0n) is 15.8. The highest BCUT2D eigenvalue weighted by atomic mass is 35.5. The van der Waals surface area contributed by atoms with Gasteiger partial charge in [0.2, 0.25) is 0 Å². The van der Waals surface area contributed by atoms with Crippen molar-refractivity contribution in [2.45, 2.75) is 25.7 Å². The van der Waals surface area contributed by atoms with Crippen LogP contribution in [-0.4, -0.2) is 0 Å². The molecule has 140 valence electrons. The smallest absolute Gasteiger partial charge is 0.0670 e. The fraction of sp³-hybridized carbons (Fsp3) is 0.154. The molecule has 0 spiro atoms. The van der Waals surface area contributed by atoms with Crippen molar-refractivity contribution in [2.75, 3.05) is 0 Å². The highest BCUT2D eigenvalue weighted by Gasteiger charge is 2.13. The normalized spacial score (nSPS) is 12.2. The zero-order chi connectivity index (χ0) is 19.5. The largest absolute Gasteiger partial charge is 0.0827 e. The lowest BCUT2D eigenvalue weighted by Crippen LogP contribution is -1.97. The molecule has 0 bridgehead atoms. The maximum atomic E-state index is 6.51. The molecule has 0 fully saturated rings. The van der Waals surface area contributed by atoms with Crippen molar-refractivity contribution in [1.29, 1.82) is 0 Å². The minimum atomic E-state index is 0.530. The number of halogens is 2. The van der Waals surface area contributed by atoms with Gasteiger partial charge in [0, 0.05) is 5.56 Å². The summed E-state index contributed by atoms with van der Waals surface area (Å²) in [5.74, 6) is 0.530. The number of hydrogen-bond acceptors (Lipinski definition) is 0. The average Bonchev–Trinajstić information content (AvgIpc) is 2.74. The molecular formula is C26H22Cl2. The van der Waals surface area contributed by atoms with Crippen LogP contribution >= 0.6 is 23.2 Å². The van der Waals surface area contributed by atoms with Crippen LogP contribution in [0.25, 0.3) is 21.9 Å². The monoisotopic (exact) mass is 404 g/mol.